The van der Waals surface area contributed by atoms with E-state index in [0.717, 1.165) is 10.0 Å². The molecule has 0 aliphatic carbocycles. The summed E-state index contributed by atoms with van der Waals surface area (Å²) in [6.45, 7) is 0.344. The lowest BCUT2D eigenvalue weighted by Gasteiger charge is -2.07. The number of halogens is 2. The average molecular weight is 316 g/mol. The molecule has 0 unspecified atom stereocenters. The van der Waals surface area contributed by atoms with Crippen LogP contribution in [0.25, 0.3) is 0 Å². The summed E-state index contributed by atoms with van der Waals surface area (Å²) >= 11 is 9.07. The fourth-order valence-corrected chi connectivity index (χ4v) is 1.99. The molecule has 1 N–H and O–H groups in total. The van der Waals surface area contributed by atoms with Gasteiger partial charge < -0.3 is 0 Å². The Kier molecular flexibility index (Phi) is 3.49. The molecular formula is C11H8BrClN2O2. The SMILES string of the molecule is O=c1[nH]c(=O)n(Cc2ccccc2Br)cc1Cl. The zero-order chi connectivity index (χ0) is 12.4. The van der Waals surface area contributed by atoms with Crippen LogP contribution < -0.4 is 11.2 Å². The van der Waals surface area contributed by atoms with Gasteiger partial charge in [0.15, 0.2) is 0 Å². The second-order valence-electron chi connectivity index (χ2n) is 3.46. The number of aromatic amines is 1. The highest BCUT2D eigenvalue weighted by Crippen LogP contribution is 2.16. The summed E-state index contributed by atoms with van der Waals surface area (Å²) in [5.74, 6) is 0. The highest BCUT2D eigenvalue weighted by Gasteiger charge is 2.04. The van der Waals surface area contributed by atoms with Crippen LogP contribution in [0.1, 0.15) is 5.56 Å². The predicted molar refractivity (Wildman–Crippen MR) is 69.6 cm³/mol. The lowest BCUT2D eigenvalue weighted by molar-refractivity contribution is 0.719. The summed E-state index contributed by atoms with van der Waals surface area (Å²) in [5, 5.41) is -0.00310. The summed E-state index contributed by atoms with van der Waals surface area (Å²) in [6.07, 6.45) is 1.34. The van der Waals surface area contributed by atoms with Crippen LogP contribution in [0.4, 0.5) is 0 Å². The maximum absolute atomic E-state index is 11.5. The minimum absolute atomic E-state index is 0.00310. The highest BCUT2D eigenvalue weighted by molar-refractivity contribution is 9.10. The molecule has 0 aliphatic heterocycles. The van der Waals surface area contributed by atoms with Gasteiger partial charge in [0.25, 0.3) is 5.56 Å². The van der Waals surface area contributed by atoms with Crippen LogP contribution in [0.15, 0.2) is 44.5 Å². The lowest BCUT2D eigenvalue weighted by Crippen LogP contribution is -2.30. The average Bonchev–Trinajstić information content (AvgIpc) is 2.29. The van der Waals surface area contributed by atoms with Crippen molar-refractivity contribution in [3.63, 3.8) is 0 Å². The lowest BCUT2D eigenvalue weighted by atomic mass is 10.2. The van der Waals surface area contributed by atoms with Crippen molar-refractivity contribution < 1.29 is 0 Å². The van der Waals surface area contributed by atoms with Gasteiger partial charge in [0.1, 0.15) is 5.02 Å². The van der Waals surface area contributed by atoms with E-state index in [1.807, 2.05) is 24.3 Å². The molecule has 0 fully saturated rings. The van der Waals surface area contributed by atoms with E-state index in [9.17, 15) is 9.59 Å². The molecular weight excluding hydrogens is 307 g/mol. The smallest absolute Gasteiger partial charge is 0.295 e. The molecule has 2 aromatic rings. The van der Waals surface area contributed by atoms with Gasteiger partial charge in [-0.25, -0.2) is 4.79 Å². The molecule has 0 spiro atoms. The first-order valence-electron chi connectivity index (χ1n) is 4.80. The van der Waals surface area contributed by atoms with Crippen LogP contribution in [0, 0.1) is 0 Å². The van der Waals surface area contributed by atoms with E-state index in [2.05, 4.69) is 20.9 Å². The Morgan fingerprint density at radius 3 is 2.71 bits per heavy atom. The zero-order valence-corrected chi connectivity index (χ0v) is 11.0. The van der Waals surface area contributed by atoms with Gasteiger partial charge in [0.05, 0.1) is 6.54 Å². The maximum Gasteiger partial charge on any atom is 0.328 e. The second-order valence-corrected chi connectivity index (χ2v) is 4.72. The second kappa shape index (κ2) is 4.89. The molecule has 0 aliphatic rings. The van der Waals surface area contributed by atoms with Crippen LogP contribution in [0.3, 0.4) is 0 Å². The van der Waals surface area contributed by atoms with Crippen LogP contribution in [-0.2, 0) is 6.54 Å². The Morgan fingerprint density at radius 2 is 2.00 bits per heavy atom. The van der Waals surface area contributed by atoms with Crippen molar-refractivity contribution in [2.45, 2.75) is 6.54 Å². The molecule has 1 heterocycles. The largest absolute Gasteiger partial charge is 0.328 e. The first-order valence-corrected chi connectivity index (χ1v) is 5.97. The molecule has 0 amide bonds. The highest BCUT2D eigenvalue weighted by atomic mass is 79.9. The van der Waals surface area contributed by atoms with E-state index in [4.69, 9.17) is 11.6 Å². The monoisotopic (exact) mass is 314 g/mol. The van der Waals surface area contributed by atoms with Crippen molar-refractivity contribution in [3.8, 4) is 0 Å². The maximum atomic E-state index is 11.5. The topological polar surface area (TPSA) is 54.9 Å². The summed E-state index contributed by atoms with van der Waals surface area (Å²) < 4.78 is 2.25. The van der Waals surface area contributed by atoms with Gasteiger partial charge in [-0.1, -0.05) is 45.7 Å². The summed E-state index contributed by atoms with van der Waals surface area (Å²) in [5.41, 5.74) is -0.118. The molecule has 2 rings (SSSR count). The number of hydrogen-bond donors (Lipinski definition) is 1. The van der Waals surface area contributed by atoms with Crippen LogP contribution in [0.2, 0.25) is 5.02 Å². The molecule has 17 heavy (non-hydrogen) atoms. The van der Waals surface area contributed by atoms with Crippen molar-refractivity contribution in [1.82, 2.24) is 9.55 Å². The third-order valence-electron chi connectivity index (χ3n) is 2.27. The predicted octanol–water partition coefficient (Wildman–Crippen LogP) is 2.00. The molecule has 6 heteroatoms. The summed E-state index contributed by atoms with van der Waals surface area (Å²) in [7, 11) is 0. The minimum Gasteiger partial charge on any atom is -0.295 e. The molecule has 1 aromatic carbocycles. The summed E-state index contributed by atoms with van der Waals surface area (Å²) in [6, 6.07) is 7.53. The quantitative estimate of drug-likeness (QED) is 0.921. The zero-order valence-electron chi connectivity index (χ0n) is 8.61. The molecule has 1 aromatic heterocycles. The van der Waals surface area contributed by atoms with Gasteiger partial charge in [-0.15, -0.1) is 0 Å². The molecule has 0 saturated carbocycles. The van der Waals surface area contributed by atoms with Crippen molar-refractivity contribution >= 4 is 27.5 Å². The molecule has 0 atom stereocenters. The molecule has 4 nitrogen and oxygen atoms in total. The summed E-state index contributed by atoms with van der Waals surface area (Å²) in [4.78, 5) is 24.8. The fraction of sp³-hybridized carbons (Fsp3) is 0.0909. The Balaban J connectivity index is 2.44. The van der Waals surface area contributed by atoms with Crippen molar-refractivity contribution in [1.29, 1.82) is 0 Å². The number of nitrogens with zero attached hydrogens (tertiary/aromatic N) is 1. The van der Waals surface area contributed by atoms with Gasteiger partial charge in [-0.05, 0) is 11.6 Å². The van der Waals surface area contributed by atoms with Crippen LogP contribution in [-0.4, -0.2) is 9.55 Å². The minimum atomic E-state index is -0.569. The first-order chi connectivity index (χ1) is 8.08. The van der Waals surface area contributed by atoms with Gasteiger partial charge in [0.2, 0.25) is 0 Å². The molecule has 0 radical (unpaired) electrons. The molecule has 0 saturated heterocycles. The Labute approximate surface area is 110 Å². The number of benzene rings is 1. The van der Waals surface area contributed by atoms with E-state index in [1.54, 1.807) is 0 Å². The van der Waals surface area contributed by atoms with Gasteiger partial charge in [-0.3, -0.25) is 14.3 Å². The van der Waals surface area contributed by atoms with Gasteiger partial charge >= 0.3 is 5.69 Å². The van der Waals surface area contributed by atoms with Crippen LogP contribution in [0.5, 0.6) is 0 Å². The fourth-order valence-electron chi connectivity index (χ4n) is 1.41. The standard InChI is InChI=1S/C11H8BrClN2O2/c12-8-4-2-1-3-7(8)5-15-6-9(13)10(16)14-11(15)17/h1-4,6H,5H2,(H,14,16,17). The number of aromatic nitrogens is 2. The first kappa shape index (κ1) is 12.1. The molecule has 88 valence electrons. The third-order valence-corrected chi connectivity index (χ3v) is 3.31. The normalized spacial score (nSPS) is 10.5. The Hall–Kier alpha value is -1.33. The van der Waals surface area contributed by atoms with Crippen molar-refractivity contribution in [2.24, 2.45) is 0 Å². The van der Waals surface area contributed by atoms with E-state index in [0.29, 0.717) is 6.54 Å². The van der Waals surface area contributed by atoms with E-state index in [-0.39, 0.29) is 5.02 Å². The number of nitrogens with one attached hydrogen (secondary N) is 1. The third kappa shape index (κ3) is 2.68. The van der Waals surface area contributed by atoms with Gasteiger partial charge in [0, 0.05) is 10.7 Å². The van der Waals surface area contributed by atoms with E-state index >= 15 is 0 Å². The number of hydrogen-bond acceptors (Lipinski definition) is 2. The Bertz CT molecular complexity index is 663. The van der Waals surface area contributed by atoms with Crippen LogP contribution >= 0.6 is 27.5 Å². The number of H-pyrrole nitrogens is 1. The van der Waals surface area contributed by atoms with Crippen molar-refractivity contribution in [3.05, 3.63) is 66.4 Å². The number of rotatable bonds is 2. The van der Waals surface area contributed by atoms with Crippen molar-refractivity contribution in [2.75, 3.05) is 0 Å². The van der Waals surface area contributed by atoms with E-state index < -0.39 is 11.2 Å². The van der Waals surface area contributed by atoms with Gasteiger partial charge in [-0.2, -0.15) is 0 Å². The molecule has 0 bridgehead atoms. The Morgan fingerprint density at radius 1 is 1.29 bits per heavy atom. The van der Waals surface area contributed by atoms with E-state index in [1.165, 1.54) is 10.8 Å².